The number of hydrogen-bond donors (Lipinski definition) is 0. The zero-order valence-corrected chi connectivity index (χ0v) is 37.3. The van der Waals surface area contributed by atoms with Crippen molar-refractivity contribution in [2.24, 2.45) is 0 Å². The Balaban J connectivity index is 0.928. The Hall–Kier alpha value is -8.78. The van der Waals surface area contributed by atoms with Crippen molar-refractivity contribution in [3.05, 3.63) is 283 Å². The number of aromatic nitrogens is 1. The van der Waals surface area contributed by atoms with Crippen molar-refractivity contribution in [1.29, 1.82) is 0 Å². The predicted molar refractivity (Wildman–Crippen MR) is 287 cm³/mol. The molecule has 12 aromatic carbocycles. The lowest BCUT2D eigenvalue weighted by Crippen LogP contribution is -2.28. The van der Waals surface area contributed by atoms with Crippen LogP contribution in [0.5, 0.6) is 0 Å². The van der Waals surface area contributed by atoms with E-state index in [0.29, 0.717) is 0 Å². The van der Waals surface area contributed by atoms with Gasteiger partial charge in [0.25, 0.3) is 0 Å². The van der Waals surface area contributed by atoms with Crippen LogP contribution in [0.25, 0.3) is 104 Å². The number of para-hydroxylation sites is 1. The molecule has 1 heterocycles. The highest BCUT2D eigenvalue weighted by Crippen LogP contribution is 2.57. The number of nitrogens with zero attached hydrogens (tertiary/aromatic N) is 1. The summed E-state index contributed by atoms with van der Waals surface area (Å²) in [6.45, 7) is 0. The van der Waals surface area contributed by atoms with E-state index in [4.69, 9.17) is 0 Å². The maximum absolute atomic E-state index is 2.51. The van der Waals surface area contributed by atoms with Gasteiger partial charge in [-0.05, 0) is 142 Å². The summed E-state index contributed by atoms with van der Waals surface area (Å²) in [6, 6.07) is 96.9. The minimum atomic E-state index is -0.479. The minimum absolute atomic E-state index is 0.479. The van der Waals surface area contributed by atoms with Crippen LogP contribution >= 0.6 is 0 Å². The fourth-order valence-electron chi connectivity index (χ4n) is 11.9. The van der Waals surface area contributed by atoms with Gasteiger partial charge < -0.3 is 4.57 Å². The summed E-state index contributed by atoms with van der Waals surface area (Å²) in [7, 11) is 0. The fraction of sp³-hybridized carbons (Fsp3) is 0.0149. The third-order valence-corrected chi connectivity index (χ3v) is 14.8. The van der Waals surface area contributed by atoms with Gasteiger partial charge in [0.15, 0.2) is 0 Å². The molecule has 1 aromatic heterocycles. The molecule has 0 amide bonds. The molecule has 0 aliphatic heterocycles. The van der Waals surface area contributed by atoms with E-state index in [2.05, 4.69) is 265 Å². The second kappa shape index (κ2) is 15.1. The van der Waals surface area contributed by atoms with Crippen LogP contribution < -0.4 is 0 Å². The Bertz CT molecular complexity index is 4020. The SMILES string of the molecule is c1ccc(C2(c3ccccc3)c3ccccc3-c3ccc(-c4c5ccccc5c(-c5ccc(-n6c7ccccc7c7cc(-c8ccc9ccccc9c8)ccc76)cc5)c5ccccc45)cc32)cc1. The molecule has 68 heavy (non-hydrogen) atoms. The van der Waals surface area contributed by atoms with Crippen molar-refractivity contribution < 1.29 is 0 Å². The Morgan fingerprint density at radius 3 is 1.44 bits per heavy atom. The van der Waals surface area contributed by atoms with Crippen LogP contribution in [0, 0.1) is 0 Å². The first-order chi connectivity index (χ1) is 33.7. The van der Waals surface area contributed by atoms with Gasteiger partial charge in [-0.25, -0.2) is 0 Å². The molecule has 316 valence electrons. The summed E-state index contributed by atoms with van der Waals surface area (Å²) >= 11 is 0. The van der Waals surface area contributed by atoms with Gasteiger partial charge in [0, 0.05) is 16.5 Å². The molecule has 0 bridgehead atoms. The summed E-state index contributed by atoms with van der Waals surface area (Å²) in [6.07, 6.45) is 0. The van der Waals surface area contributed by atoms with Gasteiger partial charge in [0.1, 0.15) is 0 Å². The lowest BCUT2D eigenvalue weighted by Gasteiger charge is -2.34. The van der Waals surface area contributed by atoms with Crippen molar-refractivity contribution in [3.8, 4) is 50.2 Å². The third-order valence-electron chi connectivity index (χ3n) is 14.8. The van der Waals surface area contributed by atoms with Crippen molar-refractivity contribution in [1.82, 2.24) is 4.57 Å². The van der Waals surface area contributed by atoms with E-state index in [-0.39, 0.29) is 0 Å². The normalized spacial score (nSPS) is 12.8. The monoisotopic (exact) mass is 861 g/mol. The largest absolute Gasteiger partial charge is 0.309 e. The molecule has 1 nitrogen and oxygen atoms in total. The smallest absolute Gasteiger partial charge is 0.0713 e. The van der Waals surface area contributed by atoms with Crippen molar-refractivity contribution in [2.75, 3.05) is 0 Å². The minimum Gasteiger partial charge on any atom is -0.309 e. The van der Waals surface area contributed by atoms with Crippen LogP contribution in [0.1, 0.15) is 22.3 Å². The van der Waals surface area contributed by atoms with Gasteiger partial charge in [-0.15, -0.1) is 0 Å². The number of fused-ring (bicyclic) bond motifs is 9. The summed E-state index contributed by atoms with van der Waals surface area (Å²) in [5.74, 6) is 0. The second-order valence-electron chi connectivity index (χ2n) is 18.3. The Morgan fingerprint density at radius 2 is 0.750 bits per heavy atom. The zero-order valence-electron chi connectivity index (χ0n) is 37.3. The van der Waals surface area contributed by atoms with Crippen molar-refractivity contribution >= 4 is 54.1 Å². The fourth-order valence-corrected chi connectivity index (χ4v) is 11.9. The molecule has 0 fully saturated rings. The van der Waals surface area contributed by atoms with E-state index in [1.54, 1.807) is 0 Å². The molecule has 0 unspecified atom stereocenters. The Morgan fingerprint density at radius 1 is 0.265 bits per heavy atom. The zero-order chi connectivity index (χ0) is 44.8. The van der Waals surface area contributed by atoms with Crippen LogP contribution in [-0.4, -0.2) is 4.57 Å². The van der Waals surface area contributed by atoms with Crippen LogP contribution in [-0.2, 0) is 5.41 Å². The first kappa shape index (κ1) is 38.5. The molecule has 1 aliphatic carbocycles. The first-order valence-electron chi connectivity index (χ1n) is 23.7. The molecular weight excluding hydrogens is 819 g/mol. The first-order valence-corrected chi connectivity index (χ1v) is 23.7. The van der Waals surface area contributed by atoms with E-state index in [9.17, 15) is 0 Å². The number of benzene rings is 12. The molecule has 13 aromatic rings. The van der Waals surface area contributed by atoms with Crippen molar-refractivity contribution in [3.63, 3.8) is 0 Å². The lowest BCUT2D eigenvalue weighted by atomic mass is 9.67. The average molecular weight is 862 g/mol. The lowest BCUT2D eigenvalue weighted by molar-refractivity contribution is 0.769. The van der Waals surface area contributed by atoms with Gasteiger partial charge >= 0.3 is 0 Å². The topological polar surface area (TPSA) is 4.93 Å². The van der Waals surface area contributed by atoms with Gasteiger partial charge in [-0.2, -0.15) is 0 Å². The molecule has 14 rings (SSSR count). The molecule has 1 heteroatoms. The van der Waals surface area contributed by atoms with Crippen molar-refractivity contribution in [2.45, 2.75) is 5.41 Å². The van der Waals surface area contributed by atoms with Gasteiger partial charge in [0.05, 0.1) is 16.4 Å². The Kier molecular flexibility index (Phi) is 8.57. The molecule has 0 saturated heterocycles. The van der Waals surface area contributed by atoms with Crippen LogP contribution in [0.4, 0.5) is 0 Å². The predicted octanol–water partition coefficient (Wildman–Crippen LogP) is 17.6. The molecule has 0 saturated carbocycles. The van der Waals surface area contributed by atoms with E-state index < -0.39 is 5.41 Å². The maximum Gasteiger partial charge on any atom is 0.0713 e. The van der Waals surface area contributed by atoms with Crippen LogP contribution in [0.2, 0.25) is 0 Å². The van der Waals surface area contributed by atoms with Gasteiger partial charge in [0.2, 0.25) is 0 Å². The molecule has 0 radical (unpaired) electrons. The van der Waals surface area contributed by atoms with E-state index in [1.165, 1.54) is 121 Å². The summed E-state index contributed by atoms with van der Waals surface area (Å²) in [4.78, 5) is 0. The quantitative estimate of drug-likeness (QED) is 0.147. The van der Waals surface area contributed by atoms with Crippen LogP contribution in [0.15, 0.2) is 261 Å². The van der Waals surface area contributed by atoms with Gasteiger partial charge in [-0.3, -0.25) is 0 Å². The standard InChI is InChI=1S/C67H43N/c1-3-19-50(20-4-1)67(51-21-5-2-6-22-51)61-29-15-13-23-53(61)54-39-35-49(43-62(54)67)66-58-27-11-9-25-56(58)65(57-26-10-12-28-59(57)66)45-33-37-52(38-34-45)68-63-30-16-14-24-55(63)60-42-48(36-40-64(60)68)47-32-31-44-17-7-8-18-46(44)41-47/h1-43H. The molecule has 1 aliphatic rings. The summed E-state index contributed by atoms with van der Waals surface area (Å²) < 4.78 is 2.43. The molecule has 0 atom stereocenters. The highest BCUT2D eigenvalue weighted by Gasteiger charge is 2.46. The van der Waals surface area contributed by atoms with E-state index in [1.807, 2.05) is 0 Å². The molecule has 0 spiro atoms. The third kappa shape index (κ3) is 5.63. The second-order valence-corrected chi connectivity index (χ2v) is 18.3. The summed E-state index contributed by atoms with van der Waals surface area (Å²) in [5.41, 5.74) is 18.2. The van der Waals surface area contributed by atoms with E-state index >= 15 is 0 Å². The van der Waals surface area contributed by atoms with Crippen LogP contribution in [0.3, 0.4) is 0 Å². The number of rotatable bonds is 6. The van der Waals surface area contributed by atoms with E-state index in [0.717, 1.165) is 5.69 Å². The average Bonchev–Trinajstić information content (AvgIpc) is 3.90. The Labute approximate surface area is 395 Å². The highest BCUT2D eigenvalue weighted by molar-refractivity contribution is 6.21. The number of hydrogen-bond acceptors (Lipinski definition) is 0. The molecule has 0 N–H and O–H groups in total. The highest BCUT2D eigenvalue weighted by atomic mass is 15.0. The summed E-state index contributed by atoms with van der Waals surface area (Å²) in [5, 5.41) is 10.00. The molecular formula is C67H43N. The maximum atomic E-state index is 2.51. The van der Waals surface area contributed by atoms with Gasteiger partial charge in [-0.1, -0.05) is 218 Å².